The first-order chi connectivity index (χ1) is 9.56. The minimum atomic E-state index is -0.290. The fourth-order valence-corrected chi connectivity index (χ4v) is 2.49. The zero-order chi connectivity index (χ0) is 14.5. The maximum absolute atomic E-state index is 11.5. The first-order valence-electron chi connectivity index (χ1n) is 7.03. The Hall–Kier alpha value is -1.88. The molecule has 1 heterocycles. The number of carbonyl (C=O) groups is 2. The lowest BCUT2D eigenvalue weighted by atomic mass is 9.97. The van der Waals surface area contributed by atoms with E-state index in [9.17, 15) is 9.59 Å². The van der Waals surface area contributed by atoms with Gasteiger partial charge in [0.2, 0.25) is 11.8 Å². The predicted octanol–water partition coefficient (Wildman–Crippen LogP) is 1.62. The molecule has 2 amide bonds. The second-order valence-electron chi connectivity index (χ2n) is 5.28. The molecule has 5 nitrogen and oxygen atoms in total. The number of fused-ring (bicyclic) bond motifs is 1. The van der Waals surface area contributed by atoms with Crippen molar-refractivity contribution >= 4 is 17.5 Å². The van der Waals surface area contributed by atoms with Gasteiger partial charge in [-0.2, -0.15) is 0 Å². The lowest BCUT2D eigenvalue weighted by Gasteiger charge is -2.15. The van der Waals surface area contributed by atoms with E-state index in [4.69, 9.17) is 11.5 Å². The highest BCUT2D eigenvalue weighted by atomic mass is 16.1. The van der Waals surface area contributed by atoms with Gasteiger partial charge in [-0.3, -0.25) is 9.59 Å². The summed E-state index contributed by atoms with van der Waals surface area (Å²) in [7, 11) is 0. The van der Waals surface area contributed by atoms with Crippen LogP contribution in [0.2, 0.25) is 0 Å². The van der Waals surface area contributed by atoms with Gasteiger partial charge in [0.05, 0.1) is 0 Å². The van der Waals surface area contributed by atoms with E-state index in [2.05, 4.69) is 11.4 Å². The van der Waals surface area contributed by atoms with Gasteiger partial charge < -0.3 is 16.8 Å². The predicted molar refractivity (Wildman–Crippen MR) is 78.0 cm³/mol. The van der Waals surface area contributed by atoms with Crippen molar-refractivity contribution in [3.8, 4) is 0 Å². The summed E-state index contributed by atoms with van der Waals surface area (Å²) in [6, 6.07) is 5.83. The van der Waals surface area contributed by atoms with Crippen molar-refractivity contribution in [3.05, 3.63) is 29.3 Å². The molecule has 0 fully saturated rings. The quantitative estimate of drug-likeness (QED) is 0.761. The number of nitrogens with one attached hydrogen (secondary N) is 1. The van der Waals surface area contributed by atoms with Crippen LogP contribution in [0.5, 0.6) is 0 Å². The lowest BCUT2D eigenvalue weighted by molar-refractivity contribution is -0.118. The van der Waals surface area contributed by atoms with Crippen LogP contribution < -0.4 is 16.8 Å². The van der Waals surface area contributed by atoms with Gasteiger partial charge in [0, 0.05) is 24.6 Å². The monoisotopic (exact) mass is 275 g/mol. The fourth-order valence-electron chi connectivity index (χ4n) is 2.49. The van der Waals surface area contributed by atoms with Crippen molar-refractivity contribution in [1.82, 2.24) is 0 Å². The summed E-state index contributed by atoms with van der Waals surface area (Å²) in [6.07, 6.45) is 4.11. The number of anilines is 1. The minimum absolute atomic E-state index is 0.0715. The molecule has 0 bridgehead atoms. The van der Waals surface area contributed by atoms with Crippen LogP contribution in [0.1, 0.15) is 49.3 Å². The smallest absolute Gasteiger partial charge is 0.224 e. The van der Waals surface area contributed by atoms with E-state index in [0.29, 0.717) is 19.3 Å². The number of aryl methyl sites for hydroxylation is 1. The molecule has 5 N–H and O–H groups in total. The standard InChI is InChI=1S/C15H21N3O2/c16-12(4-2-5-14(17)19)10-7-8-13-11(9-10)3-1-6-15(20)18-13/h7-9,12H,1-6,16H2,(H2,17,19)(H,18,20). The molecule has 1 aromatic rings. The summed E-state index contributed by atoms with van der Waals surface area (Å²) < 4.78 is 0. The lowest BCUT2D eigenvalue weighted by Crippen LogP contribution is -2.14. The van der Waals surface area contributed by atoms with E-state index < -0.39 is 0 Å². The highest BCUT2D eigenvalue weighted by molar-refractivity contribution is 5.92. The number of rotatable bonds is 5. The third-order valence-electron chi connectivity index (χ3n) is 3.62. The summed E-state index contributed by atoms with van der Waals surface area (Å²) in [4.78, 5) is 22.2. The fraction of sp³-hybridized carbons (Fsp3) is 0.467. The summed E-state index contributed by atoms with van der Waals surface area (Å²) in [6.45, 7) is 0. The minimum Gasteiger partial charge on any atom is -0.370 e. The molecular weight excluding hydrogens is 254 g/mol. The number of nitrogens with two attached hydrogens (primary N) is 2. The van der Waals surface area contributed by atoms with Gasteiger partial charge in [-0.1, -0.05) is 12.1 Å². The zero-order valence-corrected chi connectivity index (χ0v) is 11.5. The Balaban J connectivity index is 2.04. The average molecular weight is 275 g/mol. The average Bonchev–Trinajstić information content (AvgIpc) is 2.57. The van der Waals surface area contributed by atoms with Crippen molar-refractivity contribution in [2.24, 2.45) is 11.5 Å². The molecule has 1 aliphatic rings. The van der Waals surface area contributed by atoms with Crippen molar-refractivity contribution < 1.29 is 9.59 Å². The normalized spacial score (nSPS) is 15.9. The zero-order valence-electron chi connectivity index (χ0n) is 11.5. The Kier molecular flexibility index (Phi) is 4.74. The van der Waals surface area contributed by atoms with Crippen LogP contribution in [0, 0.1) is 0 Å². The Morgan fingerprint density at radius 3 is 2.90 bits per heavy atom. The molecule has 0 radical (unpaired) electrons. The Morgan fingerprint density at radius 1 is 1.35 bits per heavy atom. The number of primary amides is 1. The van der Waals surface area contributed by atoms with Gasteiger partial charge in [-0.05, 0) is 42.9 Å². The van der Waals surface area contributed by atoms with Gasteiger partial charge in [0.1, 0.15) is 0 Å². The molecule has 1 aromatic carbocycles. The maximum Gasteiger partial charge on any atom is 0.224 e. The summed E-state index contributed by atoms with van der Waals surface area (Å²) >= 11 is 0. The molecule has 0 saturated heterocycles. The molecule has 1 atom stereocenters. The Bertz CT molecular complexity index is 514. The van der Waals surface area contributed by atoms with Crippen LogP contribution in [-0.4, -0.2) is 11.8 Å². The Labute approximate surface area is 118 Å². The van der Waals surface area contributed by atoms with E-state index >= 15 is 0 Å². The molecule has 108 valence electrons. The first-order valence-corrected chi connectivity index (χ1v) is 7.03. The van der Waals surface area contributed by atoms with Crippen LogP contribution >= 0.6 is 0 Å². The number of hydrogen-bond donors (Lipinski definition) is 3. The van der Waals surface area contributed by atoms with Crippen LogP contribution in [0.25, 0.3) is 0 Å². The molecule has 0 aromatic heterocycles. The molecule has 0 saturated carbocycles. The highest BCUT2D eigenvalue weighted by Crippen LogP contribution is 2.26. The summed E-state index contributed by atoms with van der Waals surface area (Å²) in [5, 5.41) is 2.91. The van der Waals surface area contributed by atoms with Crippen LogP contribution in [0.4, 0.5) is 5.69 Å². The SMILES string of the molecule is NC(=O)CCCC(N)c1ccc2c(c1)CCCC(=O)N2. The van der Waals surface area contributed by atoms with Crippen LogP contribution in [0.3, 0.4) is 0 Å². The molecule has 0 spiro atoms. The second kappa shape index (κ2) is 6.52. The molecule has 5 heteroatoms. The van der Waals surface area contributed by atoms with Gasteiger partial charge in [0.15, 0.2) is 0 Å². The van der Waals surface area contributed by atoms with E-state index in [-0.39, 0.29) is 17.9 Å². The molecule has 2 rings (SSSR count). The maximum atomic E-state index is 11.5. The van der Waals surface area contributed by atoms with E-state index in [1.54, 1.807) is 0 Å². The number of hydrogen-bond acceptors (Lipinski definition) is 3. The first kappa shape index (κ1) is 14.5. The van der Waals surface area contributed by atoms with Crippen molar-refractivity contribution in [2.45, 2.75) is 44.6 Å². The largest absolute Gasteiger partial charge is 0.370 e. The highest BCUT2D eigenvalue weighted by Gasteiger charge is 2.15. The molecule has 0 aliphatic carbocycles. The molecule has 20 heavy (non-hydrogen) atoms. The van der Waals surface area contributed by atoms with Gasteiger partial charge in [0.25, 0.3) is 0 Å². The number of carbonyl (C=O) groups excluding carboxylic acids is 2. The van der Waals surface area contributed by atoms with Gasteiger partial charge in [-0.25, -0.2) is 0 Å². The third-order valence-corrected chi connectivity index (χ3v) is 3.62. The van der Waals surface area contributed by atoms with E-state index in [0.717, 1.165) is 36.1 Å². The number of amides is 2. The van der Waals surface area contributed by atoms with Crippen LogP contribution in [-0.2, 0) is 16.0 Å². The topological polar surface area (TPSA) is 98.2 Å². The number of benzene rings is 1. The second-order valence-corrected chi connectivity index (χ2v) is 5.28. The summed E-state index contributed by atoms with van der Waals surface area (Å²) in [5.74, 6) is -0.218. The Morgan fingerprint density at radius 2 is 2.15 bits per heavy atom. The van der Waals surface area contributed by atoms with Crippen molar-refractivity contribution in [2.75, 3.05) is 5.32 Å². The molecule has 1 unspecified atom stereocenters. The van der Waals surface area contributed by atoms with Gasteiger partial charge in [-0.15, -0.1) is 0 Å². The van der Waals surface area contributed by atoms with Crippen LogP contribution in [0.15, 0.2) is 18.2 Å². The van der Waals surface area contributed by atoms with Gasteiger partial charge >= 0.3 is 0 Å². The third kappa shape index (κ3) is 3.81. The molecule has 1 aliphatic heterocycles. The van der Waals surface area contributed by atoms with Crippen molar-refractivity contribution in [3.63, 3.8) is 0 Å². The van der Waals surface area contributed by atoms with E-state index in [1.807, 2.05) is 12.1 Å². The summed E-state index contributed by atoms with van der Waals surface area (Å²) in [5.41, 5.74) is 14.3. The van der Waals surface area contributed by atoms with E-state index in [1.165, 1.54) is 0 Å². The molecular formula is C15H21N3O2. The van der Waals surface area contributed by atoms with Crippen molar-refractivity contribution in [1.29, 1.82) is 0 Å².